The van der Waals surface area contributed by atoms with Crippen LogP contribution in [0.1, 0.15) is 37.6 Å². The van der Waals surface area contributed by atoms with E-state index in [1.165, 1.54) is 17.3 Å². The van der Waals surface area contributed by atoms with Gasteiger partial charge in [-0.1, -0.05) is 31.2 Å². The standard InChI is InChI=1S/C23H31FN5O6PS/c1-3-18(22(30)33-4-2)27-36(32,28-10-9-15-7-5-6-8-16(15)11-28)34-13-20-35-19(14-37-20)29-12-17(24)21(25)26-23(29)31/h5-8,12,18-20H,3-4,9-11,13-14H2,1-2H3,(H,27,32)(H2,25,26,31)/t18-,19-,20+,36?/m0/s1. The fourth-order valence-electron chi connectivity index (χ4n) is 4.16. The Labute approximate surface area is 218 Å². The zero-order valence-corrected chi connectivity index (χ0v) is 22.4. The molecule has 0 bridgehead atoms. The molecule has 37 heavy (non-hydrogen) atoms. The number of thioether (sulfide) groups is 1. The van der Waals surface area contributed by atoms with E-state index in [0.29, 0.717) is 31.7 Å². The number of hydrogen-bond donors (Lipinski definition) is 2. The molecule has 11 nitrogen and oxygen atoms in total. The third-order valence-electron chi connectivity index (χ3n) is 6.14. The number of anilines is 1. The maximum atomic E-state index is 14.3. The molecule has 202 valence electrons. The highest BCUT2D eigenvalue weighted by Crippen LogP contribution is 2.50. The number of carbonyl (C=O) groups is 1. The smallest absolute Gasteiger partial charge is 0.351 e. The van der Waals surface area contributed by atoms with Gasteiger partial charge in [0.1, 0.15) is 17.7 Å². The van der Waals surface area contributed by atoms with Gasteiger partial charge in [-0.05, 0) is 30.9 Å². The van der Waals surface area contributed by atoms with Gasteiger partial charge in [0.15, 0.2) is 11.6 Å². The number of fused-ring (bicyclic) bond motifs is 1. The quantitative estimate of drug-likeness (QED) is 0.331. The topological polar surface area (TPSA) is 138 Å². The van der Waals surface area contributed by atoms with E-state index >= 15 is 0 Å². The number of hydrogen-bond acceptors (Lipinski definition) is 9. The van der Waals surface area contributed by atoms with Gasteiger partial charge in [0.05, 0.1) is 19.4 Å². The molecule has 0 saturated carbocycles. The van der Waals surface area contributed by atoms with Gasteiger partial charge in [0, 0.05) is 18.8 Å². The molecule has 0 spiro atoms. The Morgan fingerprint density at radius 1 is 1.38 bits per heavy atom. The molecule has 1 unspecified atom stereocenters. The molecule has 3 N–H and O–H groups in total. The maximum Gasteiger partial charge on any atom is 0.351 e. The summed E-state index contributed by atoms with van der Waals surface area (Å²) in [5.41, 5.74) is 6.25. The number of halogens is 1. The summed E-state index contributed by atoms with van der Waals surface area (Å²) >= 11 is 1.33. The molecule has 2 aliphatic heterocycles. The van der Waals surface area contributed by atoms with Crippen molar-refractivity contribution in [2.45, 2.75) is 50.9 Å². The summed E-state index contributed by atoms with van der Waals surface area (Å²) in [5, 5.41) is 2.95. The minimum absolute atomic E-state index is 0.0948. The zero-order valence-electron chi connectivity index (χ0n) is 20.7. The number of ether oxygens (including phenoxy) is 2. The molecule has 0 radical (unpaired) electrons. The van der Waals surface area contributed by atoms with Crippen LogP contribution in [0.3, 0.4) is 0 Å². The van der Waals surface area contributed by atoms with Crippen molar-refractivity contribution in [3.05, 3.63) is 57.9 Å². The van der Waals surface area contributed by atoms with Gasteiger partial charge in [-0.15, -0.1) is 11.8 Å². The van der Waals surface area contributed by atoms with E-state index in [1.54, 1.807) is 18.5 Å². The first kappa shape index (κ1) is 27.7. The maximum absolute atomic E-state index is 14.3. The Bertz CT molecular complexity index is 1230. The van der Waals surface area contributed by atoms with E-state index in [9.17, 15) is 18.5 Å². The summed E-state index contributed by atoms with van der Waals surface area (Å²) in [5.74, 6) is -1.48. The molecule has 1 saturated heterocycles. The lowest BCUT2D eigenvalue weighted by atomic mass is 10.0. The van der Waals surface area contributed by atoms with Gasteiger partial charge in [0.2, 0.25) is 0 Å². The molecule has 4 atom stereocenters. The average Bonchev–Trinajstić information content (AvgIpc) is 3.37. The average molecular weight is 556 g/mol. The van der Waals surface area contributed by atoms with Gasteiger partial charge in [0.25, 0.3) is 0 Å². The zero-order chi connectivity index (χ0) is 26.6. The summed E-state index contributed by atoms with van der Waals surface area (Å²) < 4.78 is 48.0. The Morgan fingerprint density at radius 2 is 2.14 bits per heavy atom. The molecule has 1 fully saturated rings. The summed E-state index contributed by atoms with van der Waals surface area (Å²) in [7, 11) is -3.74. The van der Waals surface area contributed by atoms with Gasteiger partial charge < -0.3 is 19.7 Å². The lowest BCUT2D eigenvalue weighted by molar-refractivity contribution is -0.145. The van der Waals surface area contributed by atoms with Crippen LogP contribution in [0, 0.1) is 5.82 Å². The Hall–Kier alpha value is -2.28. The Kier molecular flexibility index (Phi) is 9.04. The number of rotatable bonds is 10. The van der Waals surface area contributed by atoms with Crippen molar-refractivity contribution in [3.8, 4) is 0 Å². The number of nitrogens with two attached hydrogens (primary N) is 1. The number of nitrogens with one attached hydrogen (secondary N) is 1. The molecule has 2 aromatic rings. The van der Waals surface area contributed by atoms with Crippen molar-refractivity contribution < 1.29 is 27.7 Å². The highest BCUT2D eigenvalue weighted by molar-refractivity contribution is 8.00. The van der Waals surface area contributed by atoms with Gasteiger partial charge >= 0.3 is 19.3 Å². The van der Waals surface area contributed by atoms with E-state index < -0.39 is 48.7 Å². The van der Waals surface area contributed by atoms with Crippen molar-refractivity contribution in [3.63, 3.8) is 0 Å². The third-order valence-corrected chi connectivity index (χ3v) is 9.46. The molecule has 4 rings (SSSR count). The number of nitrogen functional groups attached to an aromatic ring is 1. The molecule has 0 amide bonds. The summed E-state index contributed by atoms with van der Waals surface area (Å²) in [4.78, 5) is 28.1. The van der Waals surface area contributed by atoms with Crippen molar-refractivity contribution in [2.75, 3.05) is 31.2 Å². The van der Waals surface area contributed by atoms with Crippen molar-refractivity contribution in [1.82, 2.24) is 19.3 Å². The fourth-order valence-corrected chi connectivity index (χ4v) is 7.37. The van der Waals surface area contributed by atoms with Crippen LogP contribution < -0.4 is 16.5 Å². The normalized spacial score (nSPS) is 22.2. The molecule has 3 heterocycles. The van der Waals surface area contributed by atoms with Crippen LogP contribution in [0.2, 0.25) is 0 Å². The summed E-state index contributed by atoms with van der Waals surface area (Å²) in [6.07, 6.45) is 1.20. The monoisotopic (exact) mass is 555 g/mol. The Balaban J connectivity index is 1.49. The van der Waals surface area contributed by atoms with E-state index in [-0.39, 0.29) is 13.2 Å². The molecule has 1 aromatic heterocycles. The number of benzene rings is 1. The molecule has 14 heteroatoms. The van der Waals surface area contributed by atoms with E-state index in [1.807, 2.05) is 24.3 Å². The lowest BCUT2D eigenvalue weighted by Gasteiger charge is -2.36. The lowest BCUT2D eigenvalue weighted by Crippen LogP contribution is -2.42. The number of nitrogens with zero attached hydrogens (tertiary/aromatic N) is 3. The van der Waals surface area contributed by atoms with E-state index in [2.05, 4.69) is 10.1 Å². The first-order valence-electron chi connectivity index (χ1n) is 12.1. The van der Waals surface area contributed by atoms with E-state index in [4.69, 9.17) is 19.7 Å². The highest BCUT2D eigenvalue weighted by Gasteiger charge is 2.40. The number of carbonyl (C=O) groups excluding carboxylic acids is 1. The summed E-state index contributed by atoms with van der Waals surface area (Å²) in [6, 6.07) is 7.09. The van der Waals surface area contributed by atoms with E-state index in [0.717, 1.165) is 16.3 Å². The van der Waals surface area contributed by atoms with Crippen LogP contribution in [-0.4, -0.2) is 57.2 Å². The van der Waals surface area contributed by atoms with Gasteiger partial charge in [-0.25, -0.2) is 18.9 Å². The first-order chi connectivity index (χ1) is 17.7. The highest BCUT2D eigenvalue weighted by atomic mass is 32.2. The van der Waals surface area contributed by atoms with Crippen molar-refractivity contribution in [1.29, 1.82) is 0 Å². The SMILES string of the molecule is CCOC(=O)[C@H](CC)NP(=O)(OC[C@@H]1O[C@H](n2cc(F)c(N)nc2=O)CS1)N1CCc2ccccc2C1. The van der Waals surface area contributed by atoms with Crippen LogP contribution >= 0.6 is 19.4 Å². The number of esters is 1. The fraction of sp³-hybridized carbons (Fsp3) is 0.522. The second-order valence-electron chi connectivity index (χ2n) is 8.58. The van der Waals surface area contributed by atoms with Crippen LogP contribution in [0.5, 0.6) is 0 Å². The third kappa shape index (κ3) is 6.42. The number of aromatic nitrogens is 2. The minimum atomic E-state index is -3.74. The van der Waals surface area contributed by atoms with Crippen molar-refractivity contribution in [2.24, 2.45) is 0 Å². The van der Waals surface area contributed by atoms with Crippen molar-refractivity contribution >= 4 is 31.2 Å². The first-order valence-corrected chi connectivity index (χ1v) is 14.7. The predicted molar refractivity (Wildman–Crippen MR) is 137 cm³/mol. The molecular weight excluding hydrogens is 524 g/mol. The molecule has 2 aliphatic rings. The summed E-state index contributed by atoms with van der Waals surface area (Å²) in [6.45, 7) is 4.46. The molecule has 0 aliphatic carbocycles. The van der Waals surface area contributed by atoms with Gasteiger partial charge in [-0.2, -0.15) is 4.98 Å². The largest absolute Gasteiger partial charge is 0.465 e. The van der Waals surface area contributed by atoms with Crippen LogP contribution in [0.15, 0.2) is 35.3 Å². The van der Waals surface area contributed by atoms with Crippen LogP contribution in [0.4, 0.5) is 10.2 Å². The second-order valence-corrected chi connectivity index (χ2v) is 11.9. The van der Waals surface area contributed by atoms with Crippen LogP contribution in [0.25, 0.3) is 0 Å². The predicted octanol–water partition coefficient (Wildman–Crippen LogP) is 2.67. The Morgan fingerprint density at radius 3 is 2.86 bits per heavy atom. The van der Waals surface area contributed by atoms with Gasteiger partial charge in [-0.3, -0.25) is 13.9 Å². The van der Waals surface area contributed by atoms with Crippen LogP contribution in [-0.2, 0) is 36.3 Å². The molecular formula is C23H31FN5O6PS. The molecule has 1 aromatic carbocycles. The minimum Gasteiger partial charge on any atom is -0.465 e. The second kappa shape index (κ2) is 12.1.